The summed E-state index contributed by atoms with van der Waals surface area (Å²) < 4.78 is 0. The normalized spacial score (nSPS) is 8.09. The number of aromatic nitrogens is 2. The first kappa shape index (κ1) is 13.3. The molecule has 0 amide bonds. The number of hydrogen-bond acceptors (Lipinski definition) is 2. The van der Waals surface area contributed by atoms with Crippen molar-refractivity contribution in [3.05, 3.63) is 18.0 Å². The minimum Gasteiger partial charge on any atom is -0.330 e. The molecule has 0 saturated heterocycles. The summed E-state index contributed by atoms with van der Waals surface area (Å²) in [5.41, 5.74) is 6.48. The van der Waals surface area contributed by atoms with Gasteiger partial charge >= 0.3 is 0 Å². The van der Waals surface area contributed by atoms with E-state index >= 15 is 0 Å². The average molecular weight is 198 g/mol. The Morgan fingerprint density at radius 3 is 2.64 bits per heavy atom. The Kier molecular flexibility index (Phi) is 9.53. The van der Waals surface area contributed by atoms with Gasteiger partial charge in [0.1, 0.15) is 0 Å². The van der Waals surface area contributed by atoms with Gasteiger partial charge in [-0.2, -0.15) is 5.10 Å². The standard InChI is InChI=1S/C6H11N3.2ClH/c7-4-1-2-6-3-5-8-9-6;;/h3,5H,1-2,4,7H2,(H,8,9);2*1H. The van der Waals surface area contributed by atoms with Gasteiger partial charge in [0, 0.05) is 11.9 Å². The first-order valence-electron chi connectivity index (χ1n) is 3.12. The molecular weight excluding hydrogens is 185 g/mol. The van der Waals surface area contributed by atoms with Crippen molar-refractivity contribution in [2.75, 3.05) is 6.54 Å². The molecule has 5 heteroatoms. The number of halogens is 2. The van der Waals surface area contributed by atoms with E-state index < -0.39 is 0 Å². The molecule has 0 fully saturated rings. The summed E-state index contributed by atoms with van der Waals surface area (Å²) in [6.07, 6.45) is 3.80. The Hall–Kier alpha value is -0.250. The third kappa shape index (κ3) is 5.07. The predicted molar refractivity (Wildman–Crippen MR) is 50.5 cm³/mol. The van der Waals surface area contributed by atoms with Crippen LogP contribution >= 0.6 is 24.8 Å². The molecule has 0 spiro atoms. The minimum atomic E-state index is 0. The topological polar surface area (TPSA) is 54.7 Å². The van der Waals surface area contributed by atoms with Crippen LogP contribution in [0.1, 0.15) is 12.1 Å². The lowest BCUT2D eigenvalue weighted by atomic mass is 10.2. The summed E-state index contributed by atoms with van der Waals surface area (Å²) in [6.45, 7) is 0.749. The minimum absolute atomic E-state index is 0. The van der Waals surface area contributed by atoms with E-state index in [0.29, 0.717) is 0 Å². The van der Waals surface area contributed by atoms with Gasteiger partial charge in [-0.25, -0.2) is 0 Å². The fourth-order valence-electron chi connectivity index (χ4n) is 0.716. The summed E-state index contributed by atoms with van der Waals surface area (Å²) in [5.74, 6) is 0. The van der Waals surface area contributed by atoms with E-state index in [0.717, 1.165) is 19.4 Å². The predicted octanol–water partition coefficient (Wildman–Crippen LogP) is 1.14. The van der Waals surface area contributed by atoms with E-state index in [1.54, 1.807) is 6.20 Å². The Labute approximate surface area is 78.6 Å². The lowest BCUT2D eigenvalue weighted by Gasteiger charge is -1.90. The molecule has 0 aliphatic heterocycles. The van der Waals surface area contributed by atoms with Crippen LogP contribution in [0.5, 0.6) is 0 Å². The summed E-state index contributed by atoms with van der Waals surface area (Å²) in [4.78, 5) is 0. The van der Waals surface area contributed by atoms with Crippen molar-refractivity contribution in [1.82, 2.24) is 10.2 Å². The molecule has 1 aromatic heterocycles. The lowest BCUT2D eigenvalue weighted by Crippen LogP contribution is -2.00. The number of nitrogens with one attached hydrogen (secondary N) is 1. The zero-order chi connectivity index (χ0) is 6.53. The second-order valence-corrected chi connectivity index (χ2v) is 1.97. The van der Waals surface area contributed by atoms with Crippen LogP contribution in [0.25, 0.3) is 0 Å². The Bertz CT molecular complexity index is 153. The van der Waals surface area contributed by atoms with E-state index in [2.05, 4.69) is 10.2 Å². The molecule has 11 heavy (non-hydrogen) atoms. The maximum atomic E-state index is 5.31. The molecule has 0 unspecified atom stereocenters. The van der Waals surface area contributed by atoms with Crippen molar-refractivity contribution < 1.29 is 0 Å². The van der Waals surface area contributed by atoms with Crippen molar-refractivity contribution in [3.8, 4) is 0 Å². The van der Waals surface area contributed by atoms with Crippen molar-refractivity contribution in [1.29, 1.82) is 0 Å². The molecule has 0 aliphatic rings. The SMILES string of the molecule is Cl.Cl.NCCCc1ccn[nH]1. The van der Waals surface area contributed by atoms with Crippen LogP contribution in [-0.4, -0.2) is 16.7 Å². The van der Waals surface area contributed by atoms with Crippen LogP contribution in [0.2, 0.25) is 0 Å². The van der Waals surface area contributed by atoms with Gasteiger partial charge in [-0.3, -0.25) is 5.10 Å². The van der Waals surface area contributed by atoms with Crippen molar-refractivity contribution in [3.63, 3.8) is 0 Å². The van der Waals surface area contributed by atoms with Crippen molar-refractivity contribution >= 4 is 24.8 Å². The van der Waals surface area contributed by atoms with Gasteiger partial charge in [-0.15, -0.1) is 24.8 Å². The van der Waals surface area contributed by atoms with Gasteiger partial charge < -0.3 is 5.73 Å². The highest BCUT2D eigenvalue weighted by Gasteiger charge is 1.89. The third-order valence-corrected chi connectivity index (χ3v) is 1.21. The van der Waals surface area contributed by atoms with Gasteiger partial charge in [0.25, 0.3) is 0 Å². The summed E-state index contributed by atoms with van der Waals surface area (Å²) in [6, 6.07) is 1.97. The molecule has 0 saturated carbocycles. The van der Waals surface area contributed by atoms with Gasteiger partial charge in [0.15, 0.2) is 0 Å². The van der Waals surface area contributed by atoms with Gasteiger partial charge in [-0.05, 0) is 25.5 Å². The number of aryl methyl sites for hydroxylation is 1. The maximum Gasteiger partial charge on any atom is 0.0490 e. The van der Waals surface area contributed by atoms with Gasteiger partial charge in [0.05, 0.1) is 0 Å². The van der Waals surface area contributed by atoms with Crippen LogP contribution in [0.15, 0.2) is 12.3 Å². The highest BCUT2D eigenvalue weighted by Crippen LogP contribution is 1.94. The van der Waals surface area contributed by atoms with Crippen LogP contribution in [0.4, 0.5) is 0 Å². The highest BCUT2D eigenvalue weighted by molar-refractivity contribution is 5.85. The molecule has 3 nitrogen and oxygen atoms in total. The number of nitrogens with zero attached hydrogens (tertiary/aromatic N) is 1. The number of hydrogen-bond donors (Lipinski definition) is 2. The number of H-pyrrole nitrogens is 1. The summed E-state index contributed by atoms with van der Waals surface area (Å²) >= 11 is 0. The molecule has 0 bridgehead atoms. The monoisotopic (exact) mass is 197 g/mol. The molecule has 1 heterocycles. The van der Waals surface area contributed by atoms with E-state index in [1.165, 1.54) is 5.69 Å². The van der Waals surface area contributed by atoms with E-state index in [-0.39, 0.29) is 24.8 Å². The average Bonchev–Trinajstić information content (AvgIpc) is 2.34. The first-order valence-corrected chi connectivity index (χ1v) is 3.12. The smallest absolute Gasteiger partial charge is 0.0490 e. The Morgan fingerprint density at radius 2 is 2.18 bits per heavy atom. The Morgan fingerprint density at radius 1 is 1.45 bits per heavy atom. The number of rotatable bonds is 3. The summed E-state index contributed by atoms with van der Waals surface area (Å²) in [5, 5.41) is 6.68. The van der Waals surface area contributed by atoms with Crippen LogP contribution in [0.3, 0.4) is 0 Å². The van der Waals surface area contributed by atoms with E-state index in [9.17, 15) is 0 Å². The molecule has 66 valence electrons. The molecule has 1 aromatic rings. The fraction of sp³-hybridized carbons (Fsp3) is 0.500. The van der Waals surface area contributed by atoms with Crippen LogP contribution < -0.4 is 5.73 Å². The fourth-order valence-corrected chi connectivity index (χ4v) is 0.716. The van der Waals surface area contributed by atoms with Crippen LogP contribution in [0, 0.1) is 0 Å². The quantitative estimate of drug-likeness (QED) is 0.765. The van der Waals surface area contributed by atoms with Gasteiger partial charge in [-0.1, -0.05) is 0 Å². The lowest BCUT2D eigenvalue weighted by molar-refractivity contribution is 0.804. The Balaban J connectivity index is 0. The third-order valence-electron chi connectivity index (χ3n) is 1.21. The van der Waals surface area contributed by atoms with Gasteiger partial charge in [0.2, 0.25) is 0 Å². The second kappa shape index (κ2) is 7.85. The van der Waals surface area contributed by atoms with E-state index in [4.69, 9.17) is 5.73 Å². The van der Waals surface area contributed by atoms with Crippen molar-refractivity contribution in [2.24, 2.45) is 5.73 Å². The molecule has 0 atom stereocenters. The number of aromatic amines is 1. The molecule has 3 N–H and O–H groups in total. The molecule has 1 rings (SSSR count). The summed E-state index contributed by atoms with van der Waals surface area (Å²) in [7, 11) is 0. The molecule has 0 radical (unpaired) electrons. The highest BCUT2D eigenvalue weighted by atomic mass is 35.5. The first-order chi connectivity index (χ1) is 4.43. The van der Waals surface area contributed by atoms with Crippen LogP contribution in [-0.2, 0) is 6.42 Å². The zero-order valence-electron chi connectivity index (χ0n) is 6.12. The second-order valence-electron chi connectivity index (χ2n) is 1.97. The molecule has 0 aromatic carbocycles. The number of nitrogens with two attached hydrogens (primary N) is 1. The zero-order valence-corrected chi connectivity index (χ0v) is 7.75. The maximum absolute atomic E-state index is 5.31. The largest absolute Gasteiger partial charge is 0.330 e. The molecule has 0 aliphatic carbocycles. The van der Waals surface area contributed by atoms with E-state index in [1.807, 2.05) is 6.07 Å². The van der Waals surface area contributed by atoms with Crippen molar-refractivity contribution in [2.45, 2.75) is 12.8 Å². The molecular formula is C6H13Cl2N3.